The number of anilines is 1. The van der Waals surface area contributed by atoms with E-state index in [1.165, 1.54) is 17.9 Å². The summed E-state index contributed by atoms with van der Waals surface area (Å²) in [5.41, 5.74) is 2.15. The summed E-state index contributed by atoms with van der Waals surface area (Å²) in [6, 6.07) is 24.6. The minimum atomic E-state index is -0.543. The highest BCUT2D eigenvalue weighted by atomic mass is 16.5. The molecule has 0 unspecified atom stereocenters. The average Bonchev–Trinajstić information content (AvgIpc) is 2.88. The summed E-state index contributed by atoms with van der Waals surface area (Å²) in [5, 5.41) is 0. The first kappa shape index (κ1) is 25.2. The molecule has 0 aliphatic heterocycles. The molecule has 0 aromatic heterocycles. The Balaban J connectivity index is 2.01. The molecule has 0 spiro atoms. The van der Waals surface area contributed by atoms with Crippen molar-refractivity contribution >= 4 is 29.2 Å². The molecule has 0 radical (unpaired) electrons. The fourth-order valence-electron chi connectivity index (χ4n) is 3.45. The Morgan fingerprint density at radius 2 is 1.46 bits per heavy atom. The molecule has 7 heteroatoms. The van der Waals surface area contributed by atoms with Crippen molar-refractivity contribution in [1.82, 2.24) is 4.90 Å². The topological polar surface area (TPSA) is 76.1 Å². The predicted molar refractivity (Wildman–Crippen MR) is 135 cm³/mol. The number of rotatable bonds is 8. The van der Waals surface area contributed by atoms with Gasteiger partial charge in [-0.15, -0.1) is 0 Å². The highest BCUT2D eigenvalue weighted by Crippen LogP contribution is 2.26. The lowest BCUT2D eigenvalue weighted by Crippen LogP contribution is -2.45. The Bertz CT molecular complexity index is 1170. The zero-order chi connectivity index (χ0) is 25.2. The fraction of sp³-hybridized carbons (Fsp3) is 0.179. The number of carbonyl (C=O) groups is 3. The first-order chi connectivity index (χ1) is 16.9. The van der Waals surface area contributed by atoms with Crippen LogP contribution >= 0.6 is 0 Å². The molecular weight excluding hydrogens is 444 g/mol. The smallest absolute Gasteiger partial charge is 0.331 e. The lowest BCUT2D eigenvalue weighted by atomic mass is 10.0. The van der Waals surface area contributed by atoms with Gasteiger partial charge in [0.05, 0.1) is 12.8 Å². The first-order valence-electron chi connectivity index (χ1n) is 11.1. The maximum Gasteiger partial charge on any atom is 0.331 e. The van der Waals surface area contributed by atoms with Gasteiger partial charge in [-0.1, -0.05) is 60.7 Å². The second kappa shape index (κ2) is 12.2. The van der Waals surface area contributed by atoms with Gasteiger partial charge in [0.15, 0.2) is 0 Å². The number of amides is 3. The molecule has 0 heterocycles. The summed E-state index contributed by atoms with van der Waals surface area (Å²) >= 11 is 0. The summed E-state index contributed by atoms with van der Waals surface area (Å²) < 4.78 is 10.3. The number of nitrogens with zero attached hydrogens (tertiary/aromatic N) is 2. The van der Waals surface area contributed by atoms with E-state index in [4.69, 9.17) is 9.47 Å². The average molecular weight is 473 g/mol. The Hall–Kier alpha value is -4.39. The molecule has 0 aliphatic rings. The van der Waals surface area contributed by atoms with E-state index in [1.54, 1.807) is 62.7 Å². The van der Waals surface area contributed by atoms with Gasteiger partial charge in [0.2, 0.25) is 0 Å². The van der Waals surface area contributed by atoms with E-state index >= 15 is 0 Å². The predicted octanol–water partition coefficient (Wildman–Crippen LogP) is 4.93. The first-order valence-corrected chi connectivity index (χ1v) is 11.1. The van der Waals surface area contributed by atoms with Crippen molar-refractivity contribution < 1.29 is 23.9 Å². The van der Waals surface area contributed by atoms with Crippen LogP contribution in [0.2, 0.25) is 0 Å². The molecule has 3 aromatic rings. The van der Waals surface area contributed by atoms with Crippen LogP contribution in [0.15, 0.2) is 91.0 Å². The van der Waals surface area contributed by atoms with E-state index in [2.05, 4.69) is 0 Å². The number of hydrogen-bond donors (Lipinski definition) is 0. The lowest BCUT2D eigenvalue weighted by Gasteiger charge is -2.28. The number of ether oxygens (including phenoxy) is 2. The van der Waals surface area contributed by atoms with Crippen molar-refractivity contribution in [1.29, 1.82) is 0 Å². The van der Waals surface area contributed by atoms with Gasteiger partial charge in [0, 0.05) is 26.1 Å². The largest absolute Gasteiger partial charge is 0.497 e. The molecule has 0 saturated carbocycles. The number of methoxy groups -OCH3 is 1. The van der Waals surface area contributed by atoms with Crippen molar-refractivity contribution in [2.24, 2.45) is 0 Å². The molecule has 0 N–H and O–H groups in total. The minimum absolute atomic E-state index is 0.101. The van der Waals surface area contributed by atoms with Crippen LogP contribution in [0.5, 0.6) is 5.75 Å². The Labute approximate surface area is 205 Å². The van der Waals surface area contributed by atoms with E-state index in [-0.39, 0.29) is 12.2 Å². The van der Waals surface area contributed by atoms with Crippen LogP contribution in [0.4, 0.5) is 10.5 Å². The van der Waals surface area contributed by atoms with Crippen LogP contribution < -0.4 is 9.64 Å². The van der Waals surface area contributed by atoms with Crippen LogP contribution in [-0.4, -0.2) is 43.6 Å². The SMILES string of the molecule is COc1ccc(N(C(=O)/C(=C\COC(C)=O)c2ccccc2)C(=O)N(C)Cc2ccccc2)cc1. The summed E-state index contributed by atoms with van der Waals surface area (Å²) in [7, 11) is 3.19. The van der Waals surface area contributed by atoms with E-state index in [9.17, 15) is 14.4 Å². The molecule has 35 heavy (non-hydrogen) atoms. The zero-order valence-electron chi connectivity index (χ0n) is 20.0. The quantitative estimate of drug-likeness (QED) is 0.343. The summed E-state index contributed by atoms with van der Waals surface area (Å²) in [6.45, 7) is 1.51. The molecule has 0 saturated heterocycles. The van der Waals surface area contributed by atoms with Gasteiger partial charge in [-0.05, 0) is 41.5 Å². The number of urea groups is 1. The van der Waals surface area contributed by atoms with E-state index in [0.29, 0.717) is 23.5 Å². The number of hydrogen-bond acceptors (Lipinski definition) is 5. The van der Waals surface area contributed by atoms with Crippen LogP contribution in [0.25, 0.3) is 5.57 Å². The van der Waals surface area contributed by atoms with Crippen molar-refractivity contribution in [2.45, 2.75) is 13.5 Å². The summed E-state index contributed by atoms with van der Waals surface area (Å²) in [6.07, 6.45) is 1.51. The Morgan fingerprint density at radius 1 is 0.857 bits per heavy atom. The van der Waals surface area contributed by atoms with Gasteiger partial charge in [-0.3, -0.25) is 9.59 Å². The highest BCUT2D eigenvalue weighted by molar-refractivity contribution is 6.33. The monoisotopic (exact) mass is 472 g/mol. The van der Waals surface area contributed by atoms with Crippen LogP contribution in [-0.2, 0) is 20.9 Å². The summed E-state index contributed by atoms with van der Waals surface area (Å²) in [4.78, 5) is 41.5. The van der Waals surface area contributed by atoms with Crippen molar-refractivity contribution in [3.63, 3.8) is 0 Å². The van der Waals surface area contributed by atoms with Gasteiger partial charge in [0.1, 0.15) is 12.4 Å². The molecule has 0 fully saturated rings. The second-order valence-electron chi connectivity index (χ2n) is 7.75. The van der Waals surface area contributed by atoms with Gasteiger partial charge in [-0.25, -0.2) is 9.69 Å². The van der Waals surface area contributed by atoms with E-state index in [1.807, 2.05) is 36.4 Å². The molecule has 7 nitrogen and oxygen atoms in total. The molecule has 0 aliphatic carbocycles. The van der Waals surface area contributed by atoms with Crippen molar-refractivity contribution in [2.75, 3.05) is 25.7 Å². The summed E-state index contributed by atoms with van der Waals surface area (Å²) in [5.74, 6) is -0.412. The van der Waals surface area contributed by atoms with Gasteiger partial charge in [0.25, 0.3) is 5.91 Å². The number of esters is 1. The van der Waals surface area contributed by atoms with Gasteiger partial charge in [-0.2, -0.15) is 0 Å². The van der Waals surface area contributed by atoms with E-state index < -0.39 is 17.9 Å². The molecule has 3 amide bonds. The van der Waals surface area contributed by atoms with E-state index in [0.717, 1.165) is 10.5 Å². The van der Waals surface area contributed by atoms with Crippen LogP contribution in [0, 0.1) is 0 Å². The third-order valence-corrected chi connectivity index (χ3v) is 5.20. The minimum Gasteiger partial charge on any atom is -0.497 e. The molecule has 0 atom stereocenters. The Morgan fingerprint density at radius 3 is 2.03 bits per heavy atom. The standard InChI is InChI=1S/C28H28N2O5/c1-21(31)35-19-18-26(23-12-8-5-9-13-23)27(32)30(24-14-16-25(34-3)17-15-24)28(33)29(2)20-22-10-6-4-7-11-22/h4-18H,19-20H2,1-3H3/b26-18-. The Kier molecular flexibility index (Phi) is 8.78. The maximum atomic E-state index is 13.9. The van der Waals surface area contributed by atoms with Crippen molar-refractivity contribution in [3.05, 3.63) is 102 Å². The number of benzene rings is 3. The fourth-order valence-corrected chi connectivity index (χ4v) is 3.45. The number of imide groups is 1. The van der Waals surface area contributed by atoms with Gasteiger partial charge >= 0.3 is 12.0 Å². The third-order valence-electron chi connectivity index (χ3n) is 5.20. The normalized spacial score (nSPS) is 10.9. The molecular formula is C28H28N2O5. The molecule has 3 aromatic carbocycles. The van der Waals surface area contributed by atoms with Crippen LogP contribution in [0.3, 0.4) is 0 Å². The molecule has 3 rings (SSSR count). The molecule has 0 bridgehead atoms. The second-order valence-corrected chi connectivity index (χ2v) is 7.75. The van der Waals surface area contributed by atoms with Crippen LogP contribution in [0.1, 0.15) is 18.1 Å². The molecule has 180 valence electrons. The van der Waals surface area contributed by atoms with Crippen molar-refractivity contribution in [3.8, 4) is 5.75 Å². The number of carbonyl (C=O) groups excluding carboxylic acids is 3. The zero-order valence-corrected chi connectivity index (χ0v) is 20.0. The lowest BCUT2D eigenvalue weighted by molar-refractivity contribution is -0.139. The van der Waals surface area contributed by atoms with Gasteiger partial charge < -0.3 is 14.4 Å². The highest BCUT2D eigenvalue weighted by Gasteiger charge is 2.29. The third kappa shape index (κ3) is 6.80. The maximum absolute atomic E-state index is 13.9.